The maximum atomic E-state index is 5.45. The number of rotatable bonds is 1. The predicted octanol–water partition coefficient (Wildman–Crippen LogP) is -4.64. The Morgan fingerprint density at radius 2 is 2.15 bits per heavy atom. The molecule has 0 saturated heterocycles. The minimum Gasteiger partial charge on any atom is -0.352 e. The highest BCUT2D eigenvalue weighted by molar-refractivity contribution is 5.75. The van der Waals surface area contributed by atoms with Crippen molar-refractivity contribution in [1.82, 2.24) is 5.16 Å². The minimum absolute atomic E-state index is 0.00483. The summed E-state index contributed by atoms with van der Waals surface area (Å²) in [6.45, 7) is 1.77. The zero-order valence-corrected chi connectivity index (χ0v) is 7.16. The van der Waals surface area contributed by atoms with Gasteiger partial charge in [0.25, 0.3) is 5.96 Å². The molecule has 70 valence electrons. The summed E-state index contributed by atoms with van der Waals surface area (Å²) in [7, 11) is 0. The van der Waals surface area contributed by atoms with Gasteiger partial charge in [-0.05, 0) is 6.92 Å². The highest BCUT2D eigenvalue weighted by Crippen LogP contribution is 1.98. The third kappa shape index (κ3) is 2.81. The number of aryl methyl sites for hydroxylation is 1. The number of nitrogens with zero attached hydrogens (tertiary/aromatic N) is 1. The Bertz CT molecular complexity index is 348. The van der Waals surface area contributed by atoms with Crippen molar-refractivity contribution < 1.29 is 14.5 Å². The van der Waals surface area contributed by atoms with Crippen LogP contribution in [-0.4, -0.2) is 17.1 Å². The van der Waals surface area contributed by atoms with Gasteiger partial charge in [0.2, 0.25) is 0 Å². The summed E-state index contributed by atoms with van der Waals surface area (Å²) in [5, 5.41) is 3.65. The van der Waals surface area contributed by atoms with Crippen molar-refractivity contribution in [3.63, 3.8) is 0 Å². The van der Waals surface area contributed by atoms with Crippen molar-refractivity contribution in [2.24, 2.45) is 17.2 Å². The van der Waals surface area contributed by atoms with E-state index < -0.39 is 0 Å². The Morgan fingerprint density at radius 3 is 2.62 bits per heavy atom. The number of hydrogen-bond acceptors (Lipinski definition) is 2. The second-order valence-corrected chi connectivity index (χ2v) is 2.44. The first kappa shape index (κ1) is 9.04. The summed E-state index contributed by atoms with van der Waals surface area (Å²) >= 11 is 0. The maximum absolute atomic E-state index is 5.45. The van der Waals surface area contributed by atoms with Crippen LogP contribution >= 0.6 is 0 Å². The molecule has 13 heavy (non-hydrogen) atoms. The fourth-order valence-electron chi connectivity index (χ4n) is 0.750. The molecule has 0 atom stereocenters. The molecule has 0 aliphatic rings. The highest BCUT2D eigenvalue weighted by Gasteiger charge is 2.09. The molecule has 0 fully saturated rings. The lowest BCUT2D eigenvalue weighted by Gasteiger charge is -1.81. The molecule has 0 aliphatic carbocycles. The first-order chi connectivity index (χ1) is 6.08. The van der Waals surface area contributed by atoms with E-state index in [1.165, 1.54) is 0 Å². The van der Waals surface area contributed by atoms with E-state index >= 15 is 0 Å². The normalized spacial score (nSPS) is 11.3. The first-order valence-electron chi connectivity index (χ1n) is 3.55. The fourth-order valence-corrected chi connectivity index (χ4v) is 0.750. The van der Waals surface area contributed by atoms with Gasteiger partial charge in [-0.15, -0.1) is 0 Å². The molecule has 7 nitrogen and oxygen atoms in total. The van der Waals surface area contributed by atoms with Crippen LogP contribution in [-0.2, 0) is 0 Å². The Hall–Kier alpha value is -2.05. The average Bonchev–Trinajstić information content (AvgIpc) is 2.33. The number of nitrogens with two attached hydrogens (primary N) is 3. The molecule has 0 radical (unpaired) electrons. The van der Waals surface area contributed by atoms with Gasteiger partial charge in [0, 0.05) is 0 Å². The van der Waals surface area contributed by atoms with Gasteiger partial charge in [-0.3, -0.25) is 10.3 Å². The van der Waals surface area contributed by atoms with E-state index in [0.717, 1.165) is 0 Å². The molecule has 1 rings (SSSR count). The molecule has 8 N–H and O–H groups in total. The van der Waals surface area contributed by atoms with Crippen LogP contribution in [0.25, 0.3) is 0 Å². The van der Waals surface area contributed by atoms with Gasteiger partial charge < -0.3 is 11.5 Å². The van der Waals surface area contributed by atoms with Crippen LogP contribution in [0.5, 0.6) is 0 Å². The second kappa shape index (κ2) is 3.57. The lowest BCUT2D eigenvalue weighted by Crippen LogP contribution is -2.96. The highest BCUT2D eigenvalue weighted by atomic mass is 16.5. The van der Waals surface area contributed by atoms with Crippen LogP contribution in [0.1, 0.15) is 5.76 Å². The van der Waals surface area contributed by atoms with Crippen molar-refractivity contribution in [2.75, 3.05) is 0 Å². The van der Waals surface area contributed by atoms with Gasteiger partial charge in [-0.2, -0.15) is 9.98 Å². The van der Waals surface area contributed by atoms with Gasteiger partial charge in [0.05, 0.1) is 6.07 Å². The number of hydrogen-bond donors (Lipinski definition) is 5. The van der Waals surface area contributed by atoms with E-state index in [2.05, 4.69) is 15.1 Å². The van der Waals surface area contributed by atoms with Crippen molar-refractivity contribution >= 4 is 17.7 Å². The number of nitrogens with one attached hydrogen (secondary N) is 2. The standard InChI is InChI=1S/C6H10N6O/c1-3-2-4(12-13-3)10-6(9)11-5(7)8/h2H,1H3,(H6,7,8,9,10,11,12)/p+2. The summed E-state index contributed by atoms with van der Waals surface area (Å²) in [5.74, 6) is 1.36. The van der Waals surface area contributed by atoms with Crippen molar-refractivity contribution in [3.8, 4) is 0 Å². The van der Waals surface area contributed by atoms with Crippen LogP contribution in [0.3, 0.4) is 0 Å². The van der Waals surface area contributed by atoms with Crippen LogP contribution < -0.4 is 27.2 Å². The Morgan fingerprint density at radius 1 is 1.46 bits per heavy atom. The summed E-state index contributed by atoms with van der Waals surface area (Å²) in [6, 6.07) is 1.68. The van der Waals surface area contributed by atoms with E-state index in [0.29, 0.717) is 11.6 Å². The molecule has 1 aromatic rings. The molecule has 1 aromatic heterocycles. The third-order valence-corrected chi connectivity index (χ3v) is 1.17. The van der Waals surface area contributed by atoms with Gasteiger partial charge in [-0.1, -0.05) is 0 Å². The zero-order chi connectivity index (χ0) is 9.84. The summed E-state index contributed by atoms with van der Waals surface area (Å²) in [5.41, 5.74) is 15.7. The van der Waals surface area contributed by atoms with Gasteiger partial charge in [-0.25, -0.2) is 0 Å². The third-order valence-electron chi connectivity index (χ3n) is 1.17. The zero-order valence-electron chi connectivity index (χ0n) is 7.16. The fraction of sp³-hybridized carbons (Fsp3) is 0.167. The second-order valence-electron chi connectivity index (χ2n) is 2.44. The van der Waals surface area contributed by atoms with Crippen molar-refractivity contribution in [3.05, 3.63) is 11.8 Å². The molecular weight excluding hydrogens is 172 g/mol. The van der Waals surface area contributed by atoms with Crippen molar-refractivity contribution in [1.29, 1.82) is 0 Å². The molecular formula is C6H12N6O+2. The minimum atomic E-state index is 0.00483. The van der Waals surface area contributed by atoms with E-state index in [4.69, 9.17) is 21.7 Å². The molecule has 0 aromatic carbocycles. The number of guanidine groups is 2. The monoisotopic (exact) mass is 184 g/mol. The van der Waals surface area contributed by atoms with Crippen molar-refractivity contribution in [2.45, 2.75) is 6.92 Å². The quantitative estimate of drug-likeness (QED) is 0.221. The van der Waals surface area contributed by atoms with Gasteiger partial charge in [0.1, 0.15) is 0 Å². The molecule has 0 aliphatic heterocycles. The number of aromatic nitrogens is 1. The van der Waals surface area contributed by atoms with Crippen LogP contribution in [0.4, 0.5) is 5.82 Å². The smallest absolute Gasteiger partial charge is 0.352 e. The lowest BCUT2D eigenvalue weighted by molar-refractivity contribution is -0.462. The molecule has 7 heteroatoms. The van der Waals surface area contributed by atoms with E-state index in [1.807, 2.05) is 0 Å². The molecule has 0 saturated carbocycles. The largest absolute Gasteiger partial charge is 0.442 e. The first-order valence-corrected chi connectivity index (χ1v) is 3.55. The van der Waals surface area contributed by atoms with Crippen LogP contribution in [0.2, 0.25) is 0 Å². The summed E-state index contributed by atoms with van der Waals surface area (Å²) in [4.78, 5) is 5.17. The van der Waals surface area contributed by atoms with Crippen LogP contribution in [0.15, 0.2) is 10.6 Å². The SMILES string of the molecule is Cc1cc([NH+]=C(N)[NH+]=C(N)N)no1. The predicted molar refractivity (Wildman–Crippen MR) is 45.4 cm³/mol. The molecule has 1 heterocycles. The Kier molecular flexibility index (Phi) is 2.48. The average molecular weight is 184 g/mol. The lowest BCUT2D eigenvalue weighted by atomic mass is 10.5. The molecule has 0 amide bonds. The Balaban J connectivity index is 2.82. The Labute approximate surface area is 74.3 Å². The summed E-state index contributed by atoms with van der Waals surface area (Å²) in [6.07, 6.45) is 0. The van der Waals surface area contributed by atoms with E-state index in [9.17, 15) is 0 Å². The van der Waals surface area contributed by atoms with E-state index in [1.54, 1.807) is 13.0 Å². The molecule has 0 unspecified atom stereocenters. The topological polar surface area (TPSA) is 132 Å². The van der Waals surface area contributed by atoms with Gasteiger partial charge in [0.15, 0.2) is 10.9 Å². The van der Waals surface area contributed by atoms with Gasteiger partial charge >= 0.3 is 11.8 Å². The van der Waals surface area contributed by atoms with E-state index in [-0.39, 0.29) is 11.9 Å². The van der Waals surface area contributed by atoms with Crippen LogP contribution in [0, 0.1) is 6.92 Å². The molecule has 0 spiro atoms. The maximum Gasteiger partial charge on any atom is 0.442 e. The molecule has 0 bridgehead atoms. The summed E-state index contributed by atoms with van der Waals surface area (Å²) < 4.78 is 4.79.